The molecule has 0 radical (unpaired) electrons. The maximum Gasteiger partial charge on any atom is 0.406 e. The maximum absolute atomic E-state index is 11.6. The number of alkyl carbamates (subject to hydrolysis) is 1. The monoisotopic (exact) mass is 399 g/mol. The van der Waals surface area contributed by atoms with Crippen molar-refractivity contribution in [2.24, 2.45) is 0 Å². The quantitative estimate of drug-likeness (QED) is 0.186. The Labute approximate surface area is 173 Å². The molecule has 0 unspecified atom stereocenters. The van der Waals surface area contributed by atoms with Crippen LogP contribution >= 0.6 is 0 Å². The second-order valence-corrected chi connectivity index (χ2v) is 7.69. The van der Waals surface area contributed by atoms with E-state index in [-0.39, 0.29) is 5.97 Å². The second kappa shape index (κ2) is 22.0. The highest BCUT2D eigenvalue weighted by molar-refractivity contribution is 5.69. The minimum Gasteiger partial charge on any atom is -0.466 e. The van der Waals surface area contributed by atoms with Gasteiger partial charge in [-0.25, -0.2) is 4.79 Å². The summed E-state index contributed by atoms with van der Waals surface area (Å²) in [5.74, 6) is -0.0973. The molecule has 0 aliphatic heterocycles. The normalized spacial score (nSPS) is 10.6. The number of amides is 1. The molecule has 0 aromatic rings. The van der Waals surface area contributed by atoms with Crippen LogP contribution in [-0.4, -0.2) is 32.3 Å². The third-order valence-electron chi connectivity index (χ3n) is 5.02. The number of hydrogen-bond acceptors (Lipinski definition) is 4. The minimum absolute atomic E-state index is 0.0973. The highest BCUT2D eigenvalue weighted by Crippen LogP contribution is 2.12. The first kappa shape index (κ1) is 26.7. The Bertz CT molecular complexity index is 361. The lowest BCUT2D eigenvalue weighted by atomic mass is 10.0. The smallest absolute Gasteiger partial charge is 0.406 e. The van der Waals surface area contributed by atoms with E-state index in [1.807, 2.05) is 0 Å². The summed E-state index contributed by atoms with van der Waals surface area (Å²) in [5.41, 5.74) is 0. The van der Waals surface area contributed by atoms with Gasteiger partial charge in [-0.3, -0.25) is 4.79 Å². The lowest BCUT2D eigenvalue weighted by molar-refractivity contribution is -0.143. The number of nitrogens with one attached hydrogen (secondary N) is 1. The molecule has 0 aromatic heterocycles. The zero-order valence-electron chi connectivity index (χ0n) is 18.6. The number of unbranched alkanes of at least 4 members (excludes halogenated alkanes) is 14. The van der Waals surface area contributed by atoms with Crippen LogP contribution in [0.2, 0.25) is 0 Å². The van der Waals surface area contributed by atoms with Crippen molar-refractivity contribution in [3.63, 3.8) is 0 Å². The van der Waals surface area contributed by atoms with E-state index in [1.165, 1.54) is 77.7 Å². The topological polar surface area (TPSA) is 64.6 Å². The summed E-state index contributed by atoms with van der Waals surface area (Å²) < 4.78 is 9.76. The Balaban J connectivity index is 3.17. The van der Waals surface area contributed by atoms with Crippen LogP contribution < -0.4 is 5.32 Å². The fourth-order valence-electron chi connectivity index (χ4n) is 3.21. The van der Waals surface area contributed by atoms with E-state index in [0.29, 0.717) is 19.6 Å². The van der Waals surface area contributed by atoms with Crippen LogP contribution in [0.15, 0.2) is 0 Å². The van der Waals surface area contributed by atoms with Gasteiger partial charge in [0.2, 0.25) is 0 Å². The molecular formula is C23H45NO4. The molecule has 0 heterocycles. The van der Waals surface area contributed by atoms with Gasteiger partial charge >= 0.3 is 12.1 Å². The molecule has 0 atom stereocenters. The van der Waals surface area contributed by atoms with Crippen LogP contribution in [0, 0.1) is 0 Å². The van der Waals surface area contributed by atoms with Crippen molar-refractivity contribution in [2.75, 3.05) is 20.3 Å². The maximum atomic E-state index is 11.6. The lowest BCUT2D eigenvalue weighted by Crippen LogP contribution is -2.23. The van der Waals surface area contributed by atoms with Gasteiger partial charge in [-0.15, -0.1) is 0 Å². The predicted octanol–water partition coefficient (Wildman–Crippen LogP) is 6.54. The number of esters is 1. The summed E-state index contributed by atoms with van der Waals surface area (Å²) in [7, 11) is 1.35. The number of methoxy groups -OCH3 is 1. The van der Waals surface area contributed by atoms with Crippen molar-refractivity contribution in [3.8, 4) is 0 Å². The van der Waals surface area contributed by atoms with Crippen LogP contribution in [0.1, 0.15) is 116 Å². The first-order valence-corrected chi connectivity index (χ1v) is 11.7. The SMILES string of the molecule is CCCCCCCCCCCCCCCOC(=O)CCCCCNC(=O)OC. The predicted molar refractivity (Wildman–Crippen MR) is 116 cm³/mol. The Morgan fingerprint density at radius 3 is 1.71 bits per heavy atom. The summed E-state index contributed by atoms with van der Waals surface area (Å²) in [6, 6.07) is 0. The zero-order chi connectivity index (χ0) is 20.7. The van der Waals surface area contributed by atoms with E-state index < -0.39 is 6.09 Å². The van der Waals surface area contributed by atoms with E-state index in [2.05, 4.69) is 17.0 Å². The summed E-state index contributed by atoms with van der Waals surface area (Å²) in [5, 5.41) is 2.62. The molecule has 28 heavy (non-hydrogen) atoms. The Morgan fingerprint density at radius 2 is 1.18 bits per heavy atom. The number of hydrogen-bond donors (Lipinski definition) is 1. The molecule has 5 heteroatoms. The molecule has 0 rings (SSSR count). The highest BCUT2D eigenvalue weighted by atomic mass is 16.5. The van der Waals surface area contributed by atoms with E-state index >= 15 is 0 Å². The van der Waals surface area contributed by atoms with Gasteiger partial charge in [0.15, 0.2) is 0 Å². The van der Waals surface area contributed by atoms with E-state index in [4.69, 9.17) is 4.74 Å². The molecule has 0 saturated heterocycles. The summed E-state index contributed by atoms with van der Waals surface area (Å²) in [4.78, 5) is 22.5. The molecule has 0 fully saturated rings. The third-order valence-corrected chi connectivity index (χ3v) is 5.02. The number of carbonyl (C=O) groups excluding carboxylic acids is 2. The van der Waals surface area contributed by atoms with Gasteiger partial charge in [0.25, 0.3) is 0 Å². The van der Waals surface area contributed by atoms with Crippen molar-refractivity contribution < 1.29 is 19.1 Å². The molecule has 1 N–H and O–H groups in total. The zero-order valence-corrected chi connectivity index (χ0v) is 18.6. The van der Waals surface area contributed by atoms with Gasteiger partial charge in [0, 0.05) is 13.0 Å². The molecule has 5 nitrogen and oxygen atoms in total. The van der Waals surface area contributed by atoms with Gasteiger partial charge in [0.05, 0.1) is 13.7 Å². The van der Waals surface area contributed by atoms with Crippen LogP contribution in [0.4, 0.5) is 4.79 Å². The number of ether oxygens (including phenoxy) is 2. The molecule has 166 valence electrons. The van der Waals surface area contributed by atoms with Crippen molar-refractivity contribution >= 4 is 12.1 Å². The number of carbonyl (C=O) groups is 2. The van der Waals surface area contributed by atoms with Crippen molar-refractivity contribution in [3.05, 3.63) is 0 Å². The van der Waals surface area contributed by atoms with Gasteiger partial charge in [-0.2, -0.15) is 0 Å². The van der Waals surface area contributed by atoms with E-state index in [1.54, 1.807) is 0 Å². The van der Waals surface area contributed by atoms with Crippen molar-refractivity contribution in [2.45, 2.75) is 116 Å². The fraction of sp³-hybridized carbons (Fsp3) is 0.913. The van der Waals surface area contributed by atoms with Gasteiger partial charge < -0.3 is 14.8 Å². The Morgan fingerprint density at radius 1 is 0.679 bits per heavy atom. The Kier molecular flexibility index (Phi) is 21.0. The first-order chi connectivity index (χ1) is 13.7. The van der Waals surface area contributed by atoms with Gasteiger partial charge in [-0.05, 0) is 19.3 Å². The average Bonchev–Trinajstić information content (AvgIpc) is 2.70. The van der Waals surface area contributed by atoms with Crippen molar-refractivity contribution in [1.82, 2.24) is 5.32 Å². The molecule has 0 saturated carbocycles. The van der Waals surface area contributed by atoms with Crippen LogP contribution in [0.25, 0.3) is 0 Å². The third kappa shape index (κ3) is 21.0. The number of rotatable bonds is 20. The largest absolute Gasteiger partial charge is 0.466 e. The molecular weight excluding hydrogens is 354 g/mol. The molecule has 0 aromatic carbocycles. The second-order valence-electron chi connectivity index (χ2n) is 7.69. The molecule has 0 bridgehead atoms. The standard InChI is InChI=1S/C23H45NO4/c1-3-4-5-6-7-8-9-10-11-12-13-14-18-21-28-22(25)19-16-15-17-20-24-23(26)27-2/h3-21H2,1-2H3,(H,24,26). The first-order valence-electron chi connectivity index (χ1n) is 11.7. The van der Waals surface area contributed by atoms with Crippen molar-refractivity contribution in [1.29, 1.82) is 0 Å². The van der Waals surface area contributed by atoms with E-state index in [9.17, 15) is 9.59 Å². The molecule has 0 aliphatic carbocycles. The molecule has 0 aliphatic rings. The lowest BCUT2D eigenvalue weighted by Gasteiger charge is -2.06. The summed E-state index contributed by atoms with van der Waals surface area (Å²) >= 11 is 0. The Hall–Kier alpha value is -1.26. The summed E-state index contributed by atoms with van der Waals surface area (Å²) in [6.45, 7) is 3.41. The average molecular weight is 400 g/mol. The fourth-order valence-corrected chi connectivity index (χ4v) is 3.21. The summed E-state index contributed by atoms with van der Waals surface area (Å²) in [6.07, 6.45) is 19.8. The van der Waals surface area contributed by atoms with Crippen LogP contribution in [0.3, 0.4) is 0 Å². The van der Waals surface area contributed by atoms with Gasteiger partial charge in [-0.1, -0.05) is 90.4 Å². The highest BCUT2D eigenvalue weighted by Gasteiger charge is 2.03. The molecule has 0 spiro atoms. The van der Waals surface area contributed by atoms with Crippen LogP contribution in [0.5, 0.6) is 0 Å². The van der Waals surface area contributed by atoms with Crippen LogP contribution in [-0.2, 0) is 14.3 Å². The molecule has 1 amide bonds. The minimum atomic E-state index is -0.405. The van der Waals surface area contributed by atoms with E-state index in [0.717, 1.165) is 32.1 Å². The van der Waals surface area contributed by atoms with Gasteiger partial charge in [0.1, 0.15) is 0 Å².